The van der Waals surface area contributed by atoms with Gasteiger partial charge in [0.05, 0.1) is 0 Å². The van der Waals surface area contributed by atoms with Gasteiger partial charge < -0.3 is 10.2 Å². The van der Waals surface area contributed by atoms with Gasteiger partial charge in [0.1, 0.15) is 0 Å². The minimum atomic E-state index is 0.380. The molecular weight excluding hydrogens is 200 g/mol. The Morgan fingerprint density at radius 1 is 1.44 bits per heavy atom. The molecule has 1 N–H and O–H groups in total. The number of carbonyl (C=O) groups excluding carboxylic acids is 1. The lowest BCUT2D eigenvalue weighted by Gasteiger charge is -2.41. The van der Waals surface area contributed by atoms with E-state index in [1.54, 1.807) is 0 Å². The lowest BCUT2D eigenvalue weighted by atomic mass is 9.85. The zero-order valence-electron chi connectivity index (χ0n) is 10.4. The Labute approximate surface area is 98.6 Å². The second kappa shape index (κ2) is 5.67. The predicted octanol–water partition coefficient (Wildman–Crippen LogP) is 1.78. The largest absolute Gasteiger partial charge is 0.342 e. The molecule has 2 aliphatic heterocycles. The van der Waals surface area contributed by atoms with E-state index in [-0.39, 0.29) is 0 Å². The van der Waals surface area contributed by atoms with E-state index < -0.39 is 0 Å². The summed E-state index contributed by atoms with van der Waals surface area (Å²) >= 11 is 0. The van der Waals surface area contributed by atoms with Crippen molar-refractivity contribution in [1.29, 1.82) is 0 Å². The number of fused-ring (bicyclic) bond motifs is 1. The SMILES string of the molecule is CCCCC(=O)N1CC[C@H]2NCCC[C@@H]2C1. The maximum absolute atomic E-state index is 11.9. The van der Waals surface area contributed by atoms with Crippen LogP contribution in [0.2, 0.25) is 0 Å². The number of nitrogens with zero attached hydrogens (tertiary/aromatic N) is 1. The van der Waals surface area contributed by atoms with Crippen molar-refractivity contribution in [3.8, 4) is 0 Å². The van der Waals surface area contributed by atoms with Crippen molar-refractivity contribution in [3.05, 3.63) is 0 Å². The zero-order valence-corrected chi connectivity index (χ0v) is 10.4. The minimum Gasteiger partial charge on any atom is -0.342 e. The molecule has 0 spiro atoms. The number of carbonyl (C=O) groups is 1. The molecule has 2 heterocycles. The molecule has 2 atom stereocenters. The average molecular weight is 224 g/mol. The van der Waals surface area contributed by atoms with Gasteiger partial charge in [0.2, 0.25) is 5.91 Å². The van der Waals surface area contributed by atoms with E-state index in [1.807, 2.05) is 0 Å². The van der Waals surface area contributed by atoms with Crippen LogP contribution < -0.4 is 5.32 Å². The first kappa shape index (κ1) is 11.9. The number of rotatable bonds is 3. The number of likely N-dealkylation sites (tertiary alicyclic amines) is 1. The topological polar surface area (TPSA) is 32.3 Å². The molecule has 3 heteroatoms. The third kappa shape index (κ3) is 2.76. The molecule has 2 fully saturated rings. The third-order valence-corrected chi connectivity index (χ3v) is 3.99. The van der Waals surface area contributed by atoms with Crippen molar-refractivity contribution in [3.63, 3.8) is 0 Å². The average Bonchev–Trinajstić information content (AvgIpc) is 2.35. The molecule has 0 radical (unpaired) electrons. The molecule has 1 amide bonds. The highest BCUT2D eigenvalue weighted by atomic mass is 16.2. The van der Waals surface area contributed by atoms with Crippen LogP contribution in [0.1, 0.15) is 45.4 Å². The Hall–Kier alpha value is -0.570. The van der Waals surface area contributed by atoms with Gasteiger partial charge in [-0.25, -0.2) is 0 Å². The van der Waals surface area contributed by atoms with E-state index in [4.69, 9.17) is 0 Å². The van der Waals surface area contributed by atoms with E-state index in [1.165, 1.54) is 19.4 Å². The van der Waals surface area contributed by atoms with Crippen molar-refractivity contribution in [1.82, 2.24) is 10.2 Å². The van der Waals surface area contributed by atoms with Gasteiger partial charge in [-0.05, 0) is 38.1 Å². The molecular formula is C13H24N2O. The number of piperidine rings is 2. The van der Waals surface area contributed by atoms with E-state index in [0.717, 1.165) is 38.8 Å². The molecule has 2 rings (SSSR count). The molecule has 0 aromatic carbocycles. The van der Waals surface area contributed by atoms with Crippen molar-refractivity contribution in [2.75, 3.05) is 19.6 Å². The first-order chi connectivity index (χ1) is 7.81. The highest BCUT2D eigenvalue weighted by molar-refractivity contribution is 5.76. The fourth-order valence-electron chi connectivity index (χ4n) is 2.96. The number of amides is 1. The summed E-state index contributed by atoms with van der Waals surface area (Å²) in [5, 5.41) is 3.59. The smallest absolute Gasteiger partial charge is 0.222 e. The summed E-state index contributed by atoms with van der Waals surface area (Å²) in [6.45, 7) is 5.28. The summed E-state index contributed by atoms with van der Waals surface area (Å²) in [5.41, 5.74) is 0. The van der Waals surface area contributed by atoms with Crippen LogP contribution in [0.25, 0.3) is 0 Å². The molecule has 0 bridgehead atoms. The maximum atomic E-state index is 11.9. The predicted molar refractivity (Wildman–Crippen MR) is 65.2 cm³/mol. The number of unbranched alkanes of at least 4 members (excludes halogenated alkanes) is 1. The van der Waals surface area contributed by atoms with E-state index in [9.17, 15) is 4.79 Å². The van der Waals surface area contributed by atoms with E-state index in [2.05, 4.69) is 17.1 Å². The second-order valence-corrected chi connectivity index (χ2v) is 5.19. The Bertz CT molecular complexity index is 242. The number of nitrogens with one attached hydrogen (secondary N) is 1. The monoisotopic (exact) mass is 224 g/mol. The van der Waals surface area contributed by atoms with Crippen molar-refractivity contribution in [2.24, 2.45) is 5.92 Å². The summed E-state index contributed by atoms with van der Waals surface area (Å²) in [5.74, 6) is 1.10. The van der Waals surface area contributed by atoms with Gasteiger partial charge in [-0.2, -0.15) is 0 Å². The molecule has 0 saturated carbocycles. The highest BCUT2D eigenvalue weighted by Gasteiger charge is 2.32. The number of hydrogen-bond acceptors (Lipinski definition) is 2. The quantitative estimate of drug-likeness (QED) is 0.792. The van der Waals surface area contributed by atoms with Crippen molar-refractivity contribution in [2.45, 2.75) is 51.5 Å². The minimum absolute atomic E-state index is 0.380. The fourth-order valence-corrected chi connectivity index (χ4v) is 2.96. The first-order valence-electron chi connectivity index (χ1n) is 6.82. The normalized spacial score (nSPS) is 29.9. The molecule has 0 aromatic rings. The van der Waals surface area contributed by atoms with Crippen LogP contribution in [0.3, 0.4) is 0 Å². The maximum Gasteiger partial charge on any atom is 0.222 e. The molecule has 0 unspecified atom stereocenters. The Morgan fingerprint density at radius 2 is 2.31 bits per heavy atom. The van der Waals surface area contributed by atoms with Crippen LogP contribution in [0, 0.1) is 5.92 Å². The highest BCUT2D eigenvalue weighted by Crippen LogP contribution is 2.25. The molecule has 0 aromatic heterocycles. The molecule has 3 nitrogen and oxygen atoms in total. The zero-order chi connectivity index (χ0) is 11.4. The fraction of sp³-hybridized carbons (Fsp3) is 0.923. The van der Waals surface area contributed by atoms with Crippen LogP contribution in [0.4, 0.5) is 0 Å². The third-order valence-electron chi connectivity index (χ3n) is 3.99. The molecule has 2 aliphatic rings. The van der Waals surface area contributed by atoms with Gasteiger partial charge >= 0.3 is 0 Å². The van der Waals surface area contributed by atoms with Gasteiger partial charge in [-0.1, -0.05) is 13.3 Å². The van der Waals surface area contributed by atoms with E-state index in [0.29, 0.717) is 17.9 Å². The van der Waals surface area contributed by atoms with Gasteiger partial charge in [0.25, 0.3) is 0 Å². The standard InChI is InChI=1S/C13H24N2O/c1-2-3-6-13(16)15-9-7-12-11(10-15)5-4-8-14-12/h11-12,14H,2-10H2,1H3/t11-,12-/m1/s1. The number of hydrogen-bond donors (Lipinski definition) is 1. The van der Waals surface area contributed by atoms with E-state index >= 15 is 0 Å². The first-order valence-corrected chi connectivity index (χ1v) is 6.82. The van der Waals surface area contributed by atoms with Gasteiger partial charge in [0.15, 0.2) is 0 Å². The van der Waals surface area contributed by atoms with Crippen LogP contribution in [-0.4, -0.2) is 36.5 Å². The Morgan fingerprint density at radius 3 is 3.12 bits per heavy atom. The summed E-state index contributed by atoms with van der Waals surface area (Å²) < 4.78 is 0. The lowest BCUT2D eigenvalue weighted by Crippen LogP contribution is -2.53. The van der Waals surface area contributed by atoms with Crippen LogP contribution in [0.15, 0.2) is 0 Å². The second-order valence-electron chi connectivity index (χ2n) is 5.19. The van der Waals surface area contributed by atoms with Crippen LogP contribution in [0.5, 0.6) is 0 Å². The molecule has 0 aliphatic carbocycles. The van der Waals surface area contributed by atoms with Gasteiger partial charge in [-0.15, -0.1) is 0 Å². The molecule has 92 valence electrons. The van der Waals surface area contributed by atoms with Crippen LogP contribution in [-0.2, 0) is 4.79 Å². The van der Waals surface area contributed by atoms with Gasteiger partial charge in [-0.3, -0.25) is 4.79 Å². The van der Waals surface area contributed by atoms with Crippen molar-refractivity contribution < 1.29 is 4.79 Å². The Kier molecular flexibility index (Phi) is 4.22. The summed E-state index contributed by atoms with van der Waals surface area (Å²) in [6, 6.07) is 0.684. The summed E-state index contributed by atoms with van der Waals surface area (Å²) in [6.07, 6.45) is 6.64. The Balaban J connectivity index is 1.82. The summed E-state index contributed by atoms with van der Waals surface area (Å²) in [4.78, 5) is 14.0. The van der Waals surface area contributed by atoms with Crippen molar-refractivity contribution >= 4 is 5.91 Å². The lowest BCUT2D eigenvalue weighted by molar-refractivity contribution is -0.133. The molecule has 2 saturated heterocycles. The summed E-state index contributed by atoms with van der Waals surface area (Å²) in [7, 11) is 0. The molecule has 16 heavy (non-hydrogen) atoms. The van der Waals surface area contributed by atoms with Crippen LogP contribution >= 0.6 is 0 Å². The van der Waals surface area contributed by atoms with Gasteiger partial charge in [0, 0.05) is 25.6 Å².